The van der Waals surface area contributed by atoms with Gasteiger partial charge in [0.2, 0.25) is 0 Å². The summed E-state index contributed by atoms with van der Waals surface area (Å²) in [6, 6.07) is 13.7. The molecule has 3 rings (SSSR count). The number of H-pyrrole nitrogens is 1. The first-order chi connectivity index (χ1) is 16.7. The summed E-state index contributed by atoms with van der Waals surface area (Å²) in [6.07, 6.45) is 0. The molecule has 0 saturated carbocycles. The Morgan fingerprint density at radius 3 is 1.66 bits per heavy atom. The molecule has 3 aromatic rings. The molecule has 12 heteroatoms. The normalized spacial score (nSPS) is 11.2. The summed E-state index contributed by atoms with van der Waals surface area (Å²) < 4.78 is 48.4. The lowest BCUT2D eigenvalue weighted by molar-refractivity contribution is 0.0549. The van der Waals surface area contributed by atoms with Gasteiger partial charge in [0, 0.05) is 13.1 Å². The Balaban J connectivity index is 2.08. The maximum absolute atomic E-state index is 13.8. The summed E-state index contributed by atoms with van der Waals surface area (Å²) in [7, 11) is 0.824. The van der Waals surface area contributed by atoms with Gasteiger partial charge in [0.1, 0.15) is 17.1 Å². The molecule has 0 unspecified atom stereocenters. The molecule has 0 aliphatic carbocycles. The average Bonchev–Trinajstić information content (AvgIpc) is 3.34. The molecule has 0 aliphatic heterocycles. The molecule has 1 N–H and O–H groups in total. The van der Waals surface area contributed by atoms with Crippen molar-refractivity contribution in [1.82, 2.24) is 14.5 Å². The van der Waals surface area contributed by atoms with Crippen LogP contribution in [-0.2, 0) is 32.6 Å². The van der Waals surface area contributed by atoms with Gasteiger partial charge in [0.25, 0.3) is 10.0 Å². The van der Waals surface area contributed by atoms with Crippen LogP contribution in [0.5, 0.6) is 11.5 Å². The van der Waals surface area contributed by atoms with Crippen molar-refractivity contribution in [2.75, 3.05) is 28.4 Å². The molecule has 186 valence electrons. The van der Waals surface area contributed by atoms with Crippen LogP contribution in [0.2, 0.25) is 0 Å². The molecule has 0 radical (unpaired) electrons. The lowest BCUT2D eigenvalue weighted by Gasteiger charge is -2.22. The fourth-order valence-corrected chi connectivity index (χ4v) is 4.77. The number of nitrogens with zero attached hydrogens (tertiary/aromatic N) is 2. The van der Waals surface area contributed by atoms with Gasteiger partial charge in [0.05, 0.1) is 28.4 Å². The second-order valence-electron chi connectivity index (χ2n) is 7.23. The highest BCUT2D eigenvalue weighted by Gasteiger charge is 2.36. The van der Waals surface area contributed by atoms with Crippen molar-refractivity contribution < 1.29 is 37.0 Å². The van der Waals surface area contributed by atoms with Crippen LogP contribution in [0.15, 0.2) is 53.6 Å². The van der Waals surface area contributed by atoms with E-state index in [0.717, 1.165) is 18.5 Å². The summed E-state index contributed by atoms with van der Waals surface area (Å²) in [6.45, 7) is -0.100. The molecule has 1 aromatic heterocycles. The molecule has 0 amide bonds. The van der Waals surface area contributed by atoms with E-state index in [1.165, 1.54) is 14.2 Å². The van der Waals surface area contributed by atoms with E-state index in [0.29, 0.717) is 22.6 Å². The van der Waals surface area contributed by atoms with E-state index >= 15 is 0 Å². The minimum Gasteiger partial charge on any atom is -0.497 e. The molecule has 1 heterocycles. The molecule has 0 spiro atoms. The fourth-order valence-electron chi connectivity index (χ4n) is 3.27. The third kappa shape index (κ3) is 5.61. The van der Waals surface area contributed by atoms with Crippen LogP contribution in [0.1, 0.15) is 32.0 Å². The summed E-state index contributed by atoms with van der Waals surface area (Å²) >= 11 is 0. The minimum atomic E-state index is -4.39. The van der Waals surface area contributed by atoms with Gasteiger partial charge in [0.15, 0.2) is 10.7 Å². The number of methoxy groups -OCH3 is 4. The maximum atomic E-state index is 13.8. The fraction of sp³-hybridized carbons (Fsp3) is 0.261. The van der Waals surface area contributed by atoms with E-state index in [9.17, 15) is 18.0 Å². The molecule has 0 fully saturated rings. The van der Waals surface area contributed by atoms with Crippen molar-refractivity contribution in [2.45, 2.75) is 18.1 Å². The van der Waals surface area contributed by atoms with Gasteiger partial charge in [-0.05, 0) is 35.4 Å². The van der Waals surface area contributed by atoms with Gasteiger partial charge in [-0.3, -0.25) is 5.10 Å². The van der Waals surface area contributed by atoms with E-state index in [1.54, 1.807) is 48.5 Å². The zero-order valence-electron chi connectivity index (χ0n) is 19.6. The highest BCUT2D eigenvalue weighted by Crippen LogP contribution is 2.26. The number of aromatic amines is 1. The van der Waals surface area contributed by atoms with Crippen molar-refractivity contribution in [3.8, 4) is 11.5 Å². The molecule has 11 nitrogen and oxygen atoms in total. The first kappa shape index (κ1) is 25.7. The van der Waals surface area contributed by atoms with Gasteiger partial charge >= 0.3 is 11.9 Å². The van der Waals surface area contributed by atoms with E-state index in [-0.39, 0.29) is 13.1 Å². The topological polar surface area (TPSA) is 137 Å². The third-order valence-corrected chi connectivity index (χ3v) is 6.88. The molecule has 0 saturated heterocycles. The Bertz CT molecular complexity index is 1240. The predicted molar refractivity (Wildman–Crippen MR) is 124 cm³/mol. The van der Waals surface area contributed by atoms with Crippen molar-refractivity contribution in [3.63, 3.8) is 0 Å². The van der Waals surface area contributed by atoms with Gasteiger partial charge in [-0.25, -0.2) is 18.0 Å². The zero-order valence-corrected chi connectivity index (χ0v) is 20.4. The number of carbonyl (C=O) groups is 2. The standard InChI is InChI=1S/C23H25N3O8S/c1-31-17-9-5-15(6-10-17)13-26(14-16-7-11-18(32-2)12-8-16)35(29,30)21-19(22(27)33-3)20(24-25-21)23(28)34-4/h5-12H,13-14H2,1-4H3,(H,24,25). The van der Waals surface area contributed by atoms with Crippen LogP contribution in [0, 0.1) is 0 Å². The molecule has 35 heavy (non-hydrogen) atoms. The Hall–Kier alpha value is -3.90. The van der Waals surface area contributed by atoms with Gasteiger partial charge < -0.3 is 18.9 Å². The maximum Gasteiger partial charge on any atom is 0.359 e. The van der Waals surface area contributed by atoms with E-state index in [2.05, 4.69) is 14.9 Å². The second kappa shape index (κ2) is 11.0. The smallest absolute Gasteiger partial charge is 0.359 e. The number of benzene rings is 2. The number of nitrogens with one attached hydrogen (secondary N) is 1. The Morgan fingerprint density at radius 2 is 1.26 bits per heavy atom. The number of esters is 2. The number of sulfonamides is 1. The van der Waals surface area contributed by atoms with Gasteiger partial charge in [-0.2, -0.15) is 9.40 Å². The molecular weight excluding hydrogens is 478 g/mol. The first-order valence-electron chi connectivity index (χ1n) is 10.3. The van der Waals surface area contributed by atoms with Crippen molar-refractivity contribution >= 4 is 22.0 Å². The first-order valence-corrected chi connectivity index (χ1v) is 11.7. The van der Waals surface area contributed by atoms with Crippen LogP contribution in [0.3, 0.4) is 0 Å². The highest BCUT2D eigenvalue weighted by molar-refractivity contribution is 7.89. The van der Waals surface area contributed by atoms with Gasteiger partial charge in [-0.1, -0.05) is 24.3 Å². The lowest BCUT2D eigenvalue weighted by atomic mass is 10.2. The molecular formula is C23H25N3O8S. The summed E-state index contributed by atoms with van der Waals surface area (Å²) in [5.41, 5.74) is 0.297. The second-order valence-corrected chi connectivity index (χ2v) is 9.10. The van der Waals surface area contributed by atoms with Gasteiger partial charge in [-0.15, -0.1) is 0 Å². The number of carbonyl (C=O) groups excluding carboxylic acids is 2. The van der Waals surface area contributed by atoms with Crippen molar-refractivity contribution in [2.24, 2.45) is 0 Å². The zero-order chi connectivity index (χ0) is 25.6. The summed E-state index contributed by atoms with van der Waals surface area (Å²) in [5, 5.41) is 5.46. The molecule has 2 aromatic carbocycles. The number of hydrogen-bond acceptors (Lipinski definition) is 9. The third-order valence-electron chi connectivity index (χ3n) is 5.14. The number of hydrogen-bond donors (Lipinski definition) is 1. The largest absolute Gasteiger partial charge is 0.497 e. The van der Waals surface area contributed by atoms with Crippen LogP contribution < -0.4 is 9.47 Å². The van der Waals surface area contributed by atoms with Crippen LogP contribution in [0.4, 0.5) is 0 Å². The predicted octanol–water partition coefficient (Wildman–Crippen LogP) is 2.39. The van der Waals surface area contributed by atoms with Crippen molar-refractivity contribution in [1.29, 1.82) is 0 Å². The van der Waals surface area contributed by atoms with E-state index in [1.807, 2.05) is 0 Å². The number of ether oxygens (including phenoxy) is 4. The quantitative estimate of drug-likeness (QED) is 0.413. The summed E-state index contributed by atoms with van der Waals surface area (Å²) in [5.74, 6) is -0.809. The van der Waals surface area contributed by atoms with E-state index in [4.69, 9.17) is 14.2 Å². The SMILES string of the molecule is COC(=O)c1n[nH]c(S(=O)(=O)N(Cc2ccc(OC)cc2)Cc2ccc(OC)cc2)c1C(=O)OC. The van der Waals surface area contributed by atoms with Crippen molar-refractivity contribution in [3.05, 3.63) is 70.9 Å². The monoisotopic (exact) mass is 503 g/mol. The average molecular weight is 504 g/mol. The Morgan fingerprint density at radius 1 is 0.800 bits per heavy atom. The molecule has 0 bridgehead atoms. The number of aromatic nitrogens is 2. The van der Waals surface area contributed by atoms with Crippen LogP contribution in [0.25, 0.3) is 0 Å². The minimum absolute atomic E-state index is 0.0501. The van der Waals surface area contributed by atoms with Crippen LogP contribution >= 0.6 is 0 Å². The van der Waals surface area contributed by atoms with Crippen LogP contribution in [-0.4, -0.2) is 63.3 Å². The summed E-state index contributed by atoms with van der Waals surface area (Å²) in [4.78, 5) is 24.6. The molecule has 0 aliphatic rings. The highest BCUT2D eigenvalue weighted by atomic mass is 32.2. The molecule has 0 atom stereocenters. The Labute approximate surface area is 202 Å². The Kier molecular flexibility index (Phi) is 8.10. The lowest BCUT2D eigenvalue weighted by Crippen LogP contribution is -2.32. The van der Waals surface area contributed by atoms with E-state index < -0.39 is 38.2 Å². The number of rotatable bonds is 10.